The summed E-state index contributed by atoms with van der Waals surface area (Å²) in [5, 5.41) is 10.2. The molecule has 2 aliphatic rings. The molecular formula is C40H54N2O7. The Hall–Kier alpha value is -3.79. The maximum Gasteiger partial charge on any atom is 0.410 e. The van der Waals surface area contributed by atoms with Crippen molar-refractivity contribution in [2.75, 3.05) is 51.5 Å². The van der Waals surface area contributed by atoms with E-state index in [2.05, 4.69) is 55.1 Å². The van der Waals surface area contributed by atoms with E-state index in [0.29, 0.717) is 39.3 Å². The van der Waals surface area contributed by atoms with Gasteiger partial charge in [-0.25, -0.2) is 4.79 Å². The number of carbonyl (C=O) groups excluding carboxylic acids is 1. The topological polar surface area (TPSA) is 89.9 Å². The molecule has 2 heterocycles. The predicted molar refractivity (Wildman–Crippen MR) is 192 cm³/mol. The average molecular weight is 675 g/mol. The highest BCUT2D eigenvalue weighted by atomic mass is 16.6. The number of piperidine rings is 1. The number of hydrogen-bond donors (Lipinski definition) is 1. The fourth-order valence-corrected chi connectivity index (χ4v) is 6.85. The highest BCUT2D eigenvalue weighted by Gasteiger charge is 2.41. The van der Waals surface area contributed by atoms with Crippen molar-refractivity contribution in [3.63, 3.8) is 0 Å². The SMILES string of the molecule is COc1ccccc1COCCCOc1ccc(C2CCN(C(=O)OC(C)(C)C)CC2OC(CCO)N2CC(C)(C)c3ccccc32)cc1. The van der Waals surface area contributed by atoms with Gasteiger partial charge in [-0.15, -0.1) is 0 Å². The second-order valence-corrected chi connectivity index (χ2v) is 14.6. The maximum absolute atomic E-state index is 13.2. The molecule has 1 fully saturated rings. The summed E-state index contributed by atoms with van der Waals surface area (Å²) in [4.78, 5) is 17.2. The molecule has 1 amide bonds. The second kappa shape index (κ2) is 16.3. The number of para-hydroxylation sites is 2. The molecule has 0 aromatic heterocycles. The highest BCUT2D eigenvalue weighted by molar-refractivity contribution is 5.68. The molecule has 0 radical (unpaired) electrons. The summed E-state index contributed by atoms with van der Waals surface area (Å²) >= 11 is 0. The second-order valence-electron chi connectivity index (χ2n) is 14.6. The number of rotatable bonds is 14. The monoisotopic (exact) mass is 674 g/mol. The molecule has 3 aromatic rings. The fraction of sp³-hybridized carbons (Fsp3) is 0.525. The Morgan fingerprint density at radius 3 is 2.47 bits per heavy atom. The third-order valence-electron chi connectivity index (χ3n) is 9.23. The molecule has 49 heavy (non-hydrogen) atoms. The summed E-state index contributed by atoms with van der Waals surface area (Å²) in [6.07, 6.45) is 0.949. The van der Waals surface area contributed by atoms with Crippen LogP contribution < -0.4 is 14.4 Å². The molecule has 3 unspecified atom stereocenters. The first-order chi connectivity index (χ1) is 23.5. The molecule has 3 atom stereocenters. The average Bonchev–Trinajstić information content (AvgIpc) is 3.36. The van der Waals surface area contributed by atoms with Crippen LogP contribution in [0.5, 0.6) is 11.5 Å². The van der Waals surface area contributed by atoms with Gasteiger partial charge in [0.15, 0.2) is 0 Å². The largest absolute Gasteiger partial charge is 0.496 e. The Kier molecular flexibility index (Phi) is 12.1. The minimum atomic E-state index is -0.591. The number of hydrogen-bond acceptors (Lipinski definition) is 8. The summed E-state index contributed by atoms with van der Waals surface area (Å²) in [6, 6.07) is 24.5. The summed E-state index contributed by atoms with van der Waals surface area (Å²) in [7, 11) is 1.67. The molecular weight excluding hydrogens is 620 g/mol. The molecule has 0 bridgehead atoms. The lowest BCUT2D eigenvalue weighted by Gasteiger charge is -2.42. The molecule has 1 N–H and O–H groups in total. The number of benzene rings is 3. The smallest absolute Gasteiger partial charge is 0.410 e. The van der Waals surface area contributed by atoms with Gasteiger partial charge in [0.25, 0.3) is 0 Å². The first-order valence-corrected chi connectivity index (χ1v) is 17.5. The molecule has 0 saturated carbocycles. The Labute approximate surface area is 292 Å². The molecule has 9 heteroatoms. The normalized spacial score (nSPS) is 19.3. The number of methoxy groups -OCH3 is 1. The van der Waals surface area contributed by atoms with E-state index in [1.165, 1.54) is 5.56 Å². The Morgan fingerprint density at radius 2 is 1.73 bits per heavy atom. The van der Waals surface area contributed by atoms with Crippen molar-refractivity contribution >= 4 is 11.8 Å². The van der Waals surface area contributed by atoms with Gasteiger partial charge in [-0.3, -0.25) is 0 Å². The van der Waals surface area contributed by atoms with Crippen LogP contribution in [0.15, 0.2) is 72.8 Å². The van der Waals surface area contributed by atoms with Gasteiger partial charge in [-0.05, 0) is 62.6 Å². The van der Waals surface area contributed by atoms with Gasteiger partial charge in [0.1, 0.15) is 23.3 Å². The van der Waals surface area contributed by atoms with Crippen LogP contribution in [0.1, 0.15) is 76.5 Å². The van der Waals surface area contributed by atoms with Gasteiger partial charge >= 0.3 is 6.09 Å². The molecule has 9 nitrogen and oxygen atoms in total. The third-order valence-corrected chi connectivity index (χ3v) is 9.23. The van der Waals surface area contributed by atoms with Gasteiger partial charge in [0.2, 0.25) is 0 Å². The lowest BCUT2D eigenvalue weighted by Crippen LogP contribution is -2.51. The number of carbonyl (C=O) groups is 1. The summed E-state index contributed by atoms with van der Waals surface area (Å²) in [5.41, 5.74) is 3.92. The minimum Gasteiger partial charge on any atom is -0.496 e. The quantitative estimate of drug-likeness (QED) is 0.178. The minimum absolute atomic E-state index is 0.00550. The number of aliphatic hydroxyl groups is 1. The maximum atomic E-state index is 13.2. The lowest BCUT2D eigenvalue weighted by atomic mass is 9.87. The van der Waals surface area contributed by atoms with Gasteiger partial charge < -0.3 is 38.6 Å². The van der Waals surface area contributed by atoms with Gasteiger partial charge in [0.05, 0.1) is 39.6 Å². The van der Waals surface area contributed by atoms with Crippen LogP contribution in [0.3, 0.4) is 0 Å². The number of likely N-dealkylation sites (tertiary alicyclic amines) is 1. The summed E-state index contributed by atoms with van der Waals surface area (Å²) in [6.45, 7) is 13.5. The van der Waals surface area contributed by atoms with E-state index in [-0.39, 0.29) is 36.4 Å². The molecule has 1 saturated heterocycles. The molecule has 0 spiro atoms. The van der Waals surface area contributed by atoms with Crippen LogP contribution in [-0.2, 0) is 26.2 Å². The molecule has 2 aliphatic heterocycles. The molecule has 0 aliphatic carbocycles. The van der Waals surface area contributed by atoms with Crippen molar-refractivity contribution < 1.29 is 33.6 Å². The predicted octanol–water partition coefficient (Wildman–Crippen LogP) is 7.30. The van der Waals surface area contributed by atoms with E-state index in [0.717, 1.165) is 47.7 Å². The van der Waals surface area contributed by atoms with Gasteiger partial charge in [-0.2, -0.15) is 0 Å². The lowest BCUT2D eigenvalue weighted by molar-refractivity contribution is -0.0699. The summed E-state index contributed by atoms with van der Waals surface area (Å²) < 4.78 is 30.0. The van der Waals surface area contributed by atoms with Gasteiger partial charge in [-0.1, -0.05) is 62.4 Å². The zero-order valence-electron chi connectivity index (χ0n) is 30.0. The van der Waals surface area contributed by atoms with Crippen molar-refractivity contribution in [3.8, 4) is 11.5 Å². The summed E-state index contributed by atoms with van der Waals surface area (Å²) in [5.74, 6) is 1.67. The van der Waals surface area contributed by atoms with E-state index in [9.17, 15) is 9.90 Å². The van der Waals surface area contributed by atoms with Crippen molar-refractivity contribution in [1.29, 1.82) is 0 Å². The standard InChI is InChI=1S/C40H54N2O7/c1-39(2,3)49-38(44)41-22-20-32(36(26-41)48-37(21-23-43)42-28-40(4,5)33-13-8-9-14-34(33)42)29-16-18-31(19-17-29)47-25-11-24-46-27-30-12-7-10-15-35(30)45-6/h7-10,12-19,32,36-37,43H,11,20-28H2,1-6H3. The first-order valence-electron chi connectivity index (χ1n) is 17.5. The third kappa shape index (κ3) is 9.47. The van der Waals surface area contributed by atoms with Crippen molar-refractivity contribution in [2.45, 2.75) is 89.8 Å². The van der Waals surface area contributed by atoms with Crippen LogP contribution in [0, 0.1) is 0 Å². The zero-order chi connectivity index (χ0) is 35.0. The number of amides is 1. The fourth-order valence-electron chi connectivity index (χ4n) is 6.85. The molecule has 3 aromatic carbocycles. The van der Waals surface area contributed by atoms with E-state index in [1.807, 2.05) is 57.2 Å². The van der Waals surface area contributed by atoms with Crippen LogP contribution >= 0.6 is 0 Å². The van der Waals surface area contributed by atoms with E-state index in [1.54, 1.807) is 12.0 Å². The molecule has 5 rings (SSSR count). The van der Waals surface area contributed by atoms with Crippen LogP contribution in [0.2, 0.25) is 0 Å². The number of aliphatic hydroxyl groups excluding tert-OH is 1. The number of nitrogens with zero attached hydrogens (tertiary/aromatic N) is 2. The first kappa shape index (κ1) is 36.5. The van der Waals surface area contributed by atoms with Crippen molar-refractivity contribution in [3.05, 3.63) is 89.5 Å². The number of ether oxygens (including phenoxy) is 5. The van der Waals surface area contributed by atoms with Crippen molar-refractivity contribution in [1.82, 2.24) is 4.90 Å². The zero-order valence-corrected chi connectivity index (χ0v) is 30.0. The van der Waals surface area contributed by atoms with E-state index >= 15 is 0 Å². The van der Waals surface area contributed by atoms with Crippen LogP contribution in [0.4, 0.5) is 10.5 Å². The van der Waals surface area contributed by atoms with Gasteiger partial charge in [0, 0.05) is 55.1 Å². The van der Waals surface area contributed by atoms with Crippen LogP contribution in [0.25, 0.3) is 0 Å². The van der Waals surface area contributed by atoms with E-state index in [4.69, 9.17) is 23.7 Å². The number of fused-ring (bicyclic) bond motifs is 1. The molecule has 266 valence electrons. The number of anilines is 1. The Balaban J connectivity index is 1.24. The Morgan fingerprint density at radius 1 is 1.00 bits per heavy atom. The van der Waals surface area contributed by atoms with Crippen molar-refractivity contribution in [2.24, 2.45) is 0 Å². The van der Waals surface area contributed by atoms with Crippen LogP contribution in [-0.4, -0.2) is 80.6 Å². The Bertz CT molecular complexity index is 1500. The highest BCUT2D eigenvalue weighted by Crippen LogP contribution is 2.43. The van der Waals surface area contributed by atoms with E-state index < -0.39 is 5.60 Å².